The molecular weight excluding hydrogens is 413 g/mol. The average molecular weight is 439 g/mol. The minimum Gasteiger partial charge on any atom is -0.493 e. The summed E-state index contributed by atoms with van der Waals surface area (Å²) in [7, 11) is -1.33. The minimum atomic E-state index is -1.33. The zero-order chi connectivity index (χ0) is 20.3. The summed E-state index contributed by atoms with van der Waals surface area (Å²) in [6.07, 6.45) is 3.13. The molecule has 1 aliphatic rings. The second-order valence-electron chi connectivity index (χ2n) is 6.99. The molecule has 0 saturated carbocycles. The third-order valence-electron chi connectivity index (χ3n) is 5.20. The van der Waals surface area contributed by atoms with Gasteiger partial charge in [0.25, 0.3) is 0 Å². The van der Waals surface area contributed by atoms with Crippen molar-refractivity contribution in [2.24, 2.45) is 0 Å². The number of aromatic nitrogens is 3. The van der Waals surface area contributed by atoms with E-state index in [9.17, 15) is 4.21 Å². The molecule has 2 aromatic heterocycles. The second kappa shape index (κ2) is 10.3. The van der Waals surface area contributed by atoms with Crippen molar-refractivity contribution >= 4 is 51.4 Å². The van der Waals surface area contributed by atoms with Gasteiger partial charge in [-0.2, -0.15) is 0 Å². The van der Waals surface area contributed by atoms with Crippen molar-refractivity contribution in [3.05, 3.63) is 47.8 Å². The van der Waals surface area contributed by atoms with Crippen LogP contribution in [0.25, 0.3) is 11.0 Å². The fraction of sp³-hybridized carbons (Fsp3) is 0.429. The number of nitrogens with one attached hydrogen (secondary N) is 1. The van der Waals surface area contributed by atoms with Crippen LogP contribution < -0.4 is 4.74 Å². The van der Waals surface area contributed by atoms with Crippen molar-refractivity contribution in [3.63, 3.8) is 0 Å². The van der Waals surface area contributed by atoms with Gasteiger partial charge in [-0.1, -0.05) is 19.1 Å². The number of para-hydroxylation sites is 2. The molecule has 1 atom stereocenters. The van der Waals surface area contributed by atoms with E-state index in [2.05, 4.69) is 21.9 Å². The zero-order valence-corrected chi connectivity index (χ0v) is 20.5. The van der Waals surface area contributed by atoms with Crippen LogP contribution >= 0.6 is 0 Å². The quantitative estimate of drug-likeness (QED) is 0.544. The summed E-state index contributed by atoms with van der Waals surface area (Å²) in [5.74, 6) is 0.474. The molecule has 1 fully saturated rings. The minimum absolute atomic E-state index is 0. The van der Waals surface area contributed by atoms with E-state index in [1.807, 2.05) is 37.3 Å². The Kier molecular flexibility index (Phi) is 8.06. The van der Waals surface area contributed by atoms with Crippen molar-refractivity contribution in [3.8, 4) is 5.75 Å². The van der Waals surface area contributed by atoms with Crippen LogP contribution in [0.3, 0.4) is 0 Å². The molecule has 0 bridgehead atoms. The molecule has 0 aliphatic carbocycles. The normalized spacial score (nSPS) is 16.3. The molecule has 155 valence electrons. The van der Waals surface area contributed by atoms with Crippen LogP contribution in [0, 0.1) is 6.92 Å². The van der Waals surface area contributed by atoms with Crippen LogP contribution in [-0.2, 0) is 26.0 Å². The number of fused-ring (bicyclic) bond motifs is 1. The molecule has 1 radical (unpaired) electrons. The van der Waals surface area contributed by atoms with Crippen LogP contribution in [0.15, 0.2) is 41.7 Å². The van der Waals surface area contributed by atoms with E-state index >= 15 is 0 Å². The SMILES string of the molecule is CCC1(CCOc2ccnc(CS(=O)c3nc4ccccc4[nH]3)c2C)OCCO1.[Na]. The van der Waals surface area contributed by atoms with Gasteiger partial charge < -0.3 is 19.2 Å². The number of pyridine rings is 1. The third-order valence-corrected chi connectivity index (χ3v) is 6.36. The van der Waals surface area contributed by atoms with E-state index in [0.717, 1.165) is 34.5 Å². The Morgan fingerprint density at radius 3 is 2.73 bits per heavy atom. The van der Waals surface area contributed by atoms with E-state index in [-0.39, 0.29) is 35.3 Å². The molecule has 4 rings (SSSR count). The van der Waals surface area contributed by atoms with E-state index in [1.54, 1.807) is 6.20 Å². The summed E-state index contributed by atoms with van der Waals surface area (Å²) in [5.41, 5.74) is 3.30. The summed E-state index contributed by atoms with van der Waals surface area (Å²) in [6.45, 7) is 5.71. The number of hydrogen-bond donors (Lipinski definition) is 1. The number of ether oxygens (including phenoxy) is 3. The van der Waals surface area contributed by atoms with E-state index in [4.69, 9.17) is 14.2 Å². The van der Waals surface area contributed by atoms with Crippen molar-refractivity contribution in [1.29, 1.82) is 0 Å². The maximum atomic E-state index is 12.8. The summed E-state index contributed by atoms with van der Waals surface area (Å²) in [6, 6.07) is 9.47. The first-order valence-corrected chi connectivity index (χ1v) is 11.1. The van der Waals surface area contributed by atoms with Crippen molar-refractivity contribution in [2.45, 2.75) is 43.4 Å². The predicted octanol–water partition coefficient (Wildman–Crippen LogP) is 3.12. The molecule has 9 heteroatoms. The summed E-state index contributed by atoms with van der Waals surface area (Å²) in [5, 5.41) is 0.458. The van der Waals surface area contributed by atoms with Crippen molar-refractivity contribution < 1.29 is 18.4 Å². The first-order chi connectivity index (χ1) is 14.1. The van der Waals surface area contributed by atoms with E-state index in [1.165, 1.54) is 0 Å². The van der Waals surface area contributed by atoms with Crippen molar-refractivity contribution in [2.75, 3.05) is 19.8 Å². The van der Waals surface area contributed by atoms with Gasteiger partial charge in [-0.05, 0) is 31.5 Å². The van der Waals surface area contributed by atoms with E-state index < -0.39 is 16.6 Å². The Morgan fingerprint density at radius 2 is 2.00 bits per heavy atom. The smallest absolute Gasteiger partial charge is 0.197 e. The standard InChI is InChI=1S/C21H25N3O4S.Na/c1-3-21(27-12-13-28-21)9-11-26-19-8-10-22-18(15(19)2)14-29(25)20-23-16-6-4-5-7-17(16)24-20;/h4-8,10H,3,9,11-14H2,1-2H3,(H,23,24);. The molecule has 1 unspecified atom stereocenters. The molecule has 1 saturated heterocycles. The van der Waals surface area contributed by atoms with Crippen LogP contribution in [0.2, 0.25) is 0 Å². The van der Waals surface area contributed by atoms with Gasteiger partial charge in [0.05, 0.1) is 53.1 Å². The van der Waals surface area contributed by atoms with Gasteiger partial charge in [-0.15, -0.1) is 0 Å². The number of imidazole rings is 1. The number of aromatic amines is 1. The predicted molar refractivity (Wildman–Crippen MR) is 116 cm³/mol. The van der Waals surface area contributed by atoms with Gasteiger partial charge in [0.1, 0.15) is 5.75 Å². The Labute approximate surface area is 200 Å². The summed E-state index contributed by atoms with van der Waals surface area (Å²) >= 11 is 0. The Balaban J connectivity index is 0.00000256. The molecule has 3 aromatic rings. The molecule has 30 heavy (non-hydrogen) atoms. The van der Waals surface area contributed by atoms with Gasteiger partial charge in [0.2, 0.25) is 0 Å². The van der Waals surface area contributed by atoms with Gasteiger partial charge in [0, 0.05) is 47.7 Å². The number of rotatable bonds is 8. The van der Waals surface area contributed by atoms with Gasteiger partial charge in [-0.25, -0.2) is 4.98 Å². The maximum absolute atomic E-state index is 12.8. The van der Waals surface area contributed by atoms with Gasteiger partial charge in [-0.3, -0.25) is 9.19 Å². The second-order valence-corrected chi connectivity index (χ2v) is 8.36. The molecule has 7 nitrogen and oxygen atoms in total. The monoisotopic (exact) mass is 438 g/mol. The zero-order valence-electron chi connectivity index (χ0n) is 17.6. The van der Waals surface area contributed by atoms with E-state index in [0.29, 0.717) is 31.4 Å². The van der Waals surface area contributed by atoms with Crippen LogP contribution in [-0.4, -0.2) is 74.3 Å². The molecule has 1 N–H and O–H groups in total. The van der Waals surface area contributed by atoms with Crippen LogP contribution in [0.4, 0.5) is 0 Å². The molecule has 3 heterocycles. The summed E-state index contributed by atoms with van der Waals surface area (Å²) < 4.78 is 30.3. The van der Waals surface area contributed by atoms with Gasteiger partial charge >= 0.3 is 0 Å². The average Bonchev–Trinajstić information content (AvgIpc) is 3.38. The maximum Gasteiger partial charge on any atom is 0.197 e. The van der Waals surface area contributed by atoms with Crippen LogP contribution in [0.1, 0.15) is 31.0 Å². The first kappa shape index (κ1) is 23.4. The fourth-order valence-electron chi connectivity index (χ4n) is 3.43. The number of benzene rings is 1. The Hall–Kier alpha value is -1.29. The molecule has 0 amide bonds. The Morgan fingerprint density at radius 1 is 1.23 bits per heavy atom. The third kappa shape index (κ3) is 5.12. The molecule has 1 aliphatic heterocycles. The van der Waals surface area contributed by atoms with Crippen molar-refractivity contribution in [1.82, 2.24) is 15.0 Å². The number of H-pyrrole nitrogens is 1. The Bertz CT molecular complexity index is 987. The number of nitrogens with zero attached hydrogens (tertiary/aromatic N) is 2. The molecule has 0 spiro atoms. The summed E-state index contributed by atoms with van der Waals surface area (Å²) in [4.78, 5) is 12.0. The number of hydrogen-bond acceptors (Lipinski definition) is 6. The molecular formula is C21H25N3NaO4S. The first-order valence-electron chi connectivity index (χ1n) is 9.78. The molecule has 1 aromatic carbocycles. The topological polar surface area (TPSA) is 86.3 Å². The largest absolute Gasteiger partial charge is 0.493 e. The van der Waals surface area contributed by atoms with Crippen LogP contribution in [0.5, 0.6) is 5.75 Å². The fourth-order valence-corrected chi connectivity index (χ4v) is 4.53. The van der Waals surface area contributed by atoms with Gasteiger partial charge in [0.15, 0.2) is 10.9 Å².